The zero-order chi connectivity index (χ0) is 14.2. The maximum absolute atomic E-state index is 12.7. The Morgan fingerprint density at radius 2 is 1.80 bits per heavy atom. The van der Waals surface area contributed by atoms with Crippen LogP contribution in [0.1, 0.15) is 19.8 Å². The molecule has 0 saturated carbocycles. The second kappa shape index (κ2) is 8.22. The molecule has 3 nitrogen and oxygen atoms in total. The molecule has 0 atom stereocenters. The summed E-state index contributed by atoms with van der Waals surface area (Å²) < 4.78 is 23.7. The van der Waals surface area contributed by atoms with Gasteiger partial charge in [-0.05, 0) is 56.1 Å². The highest BCUT2D eigenvalue weighted by Crippen LogP contribution is 2.15. The molecule has 0 aliphatic carbocycles. The fraction of sp³-hybridized carbons (Fsp3) is 0.625. The zero-order valence-corrected chi connectivity index (χ0v) is 12.2. The van der Waals surface area contributed by atoms with Gasteiger partial charge in [-0.25, -0.2) is 4.39 Å². The first-order valence-electron chi connectivity index (χ1n) is 7.42. The molecule has 0 bridgehead atoms. The van der Waals surface area contributed by atoms with E-state index in [0.717, 1.165) is 19.1 Å². The second-order valence-corrected chi connectivity index (χ2v) is 5.44. The summed E-state index contributed by atoms with van der Waals surface area (Å²) in [6.45, 7) is 7.53. The highest BCUT2D eigenvalue weighted by molar-refractivity contribution is 5.21. The minimum absolute atomic E-state index is 0.246. The van der Waals surface area contributed by atoms with Crippen LogP contribution in [-0.4, -0.2) is 44.4 Å². The van der Waals surface area contributed by atoms with E-state index in [4.69, 9.17) is 9.47 Å². The number of piperidine rings is 1. The van der Waals surface area contributed by atoms with E-state index in [1.807, 2.05) is 0 Å². The fourth-order valence-electron chi connectivity index (χ4n) is 2.33. The predicted octanol–water partition coefficient (Wildman–Crippen LogP) is 2.95. The summed E-state index contributed by atoms with van der Waals surface area (Å²) in [5, 5.41) is 0. The van der Waals surface area contributed by atoms with Crippen molar-refractivity contribution in [1.82, 2.24) is 4.90 Å². The Morgan fingerprint density at radius 1 is 1.10 bits per heavy atom. The molecule has 20 heavy (non-hydrogen) atoms. The number of hydrogen-bond donors (Lipinski definition) is 0. The van der Waals surface area contributed by atoms with Crippen LogP contribution in [0.4, 0.5) is 4.39 Å². The Labute approximate surface area is 120 Å². The summed E-state index contributed by atoms with van der Waals surface area (Å²) in [4.78, 5) is 2.46. The molecule has 1 heterocycles. The minimum Gasteiger partial charge on any atom is -0.491 e. The van der Waals surface area contributed by atoms with Crippen molar-refractivity contribution < 1.29 is 13.9 Å². The molecular formula is C16H24FNO2. The molecule has 1 aliphatic heterocycles. The fourth-order valence-corrected chi connectivity index (χ4v) is 2.33. The molecule has 1 aliphatic rings. The van der Waals surface area contributed by atoms with Crippen molar-refractivity contribution in [3.63, 3.8) is 0 Å². The summed E-state index contributed by atoms with van der Waals surface area (Å²) >= 11 is 0. The number of benzene rings is 1. The molecule has 1 fully saturated rings. The molecule has 0 spiro atoms. The predicted molar refractivity (Wildman–Crippen MR) is 77.6 cm³/mol. The second-order valence-electron chi connectivity index (χ2n) is 5.44. The number of likely N-dealkylation sites (tertiary alicyclic amines) is 1. The third kappa shape index (κ3) is 5.47. The van der Waals surface area contributed by atoms with Crippen molar-refractivity contribution in [2.24, 2.45) is 5.92 Å². The van der Waals surface area contributed by atoms with Crippen LogP contribution in [-0.2, 0) is 4.74 Å². The summed E-state index contributed by atoms with van der Waals surface area (Å²) in [5.41, 5.74) is 0. The van der Waals surface area contributed by atoms with Crippen molar-refractivity contribution in [2.45, 2.75) is 19.8 Å². The lowest BCUT2D eigenvalue weighted by Gasteiger charge is -2.29. The summed E-state index contributed by atoms with van der Waals surface area (Å²) in [5.74, 6) is 1.31. The van der Waals surface area contributed by atoms with Gasteiger partial charge in [-0.1, -0.05) is 6.92 Å². The Balaban J connectivity index is 1.48. The van der Waals surface area contributed by atoms with Crippen LogP contribution < -0.4 is 4.74 Å². The van der Waals surface area contributed by atoms with Gasteiger partial charge < -0.3 is 14.4 Å². The van der Waals surface area contributed by atoms with E-state index in [1.54, 1.807) is 12.1 Å². The zero-order valence-electron chi connectivity index (χ0n) is 12.2. The van der Waals surface area contributed by atoms with Crippen molar-refractivity contribution in [3.05, 3.63) is 30.1 Å². The third-order valence-corrected chi connectivity index (χ3v) is 3.74. The normalized spacial score (nSPS) is 17.3. The van der Waals surface area contributed by atoms with Gasteiger partial charge in [0.2, 0.25) is 0 Å². The van der Waals surface area contributed by atoms with Gasteiger partial charge in [0.15, 0.2) is 0 Å². The first-order chi connectivity index (χ1) is 9.74. The van der Waals surface area contributed by atoms with Crippen LogP contribution in [0.25, 0.3) is 0 Å². The Kier molecular flexibility index (Phi) is 6.27. The van der Waals surface area contributed by atoms with E-state index in [9.17, 15) is 4.39 Å². The molecule has 0 N–H and O–H groups in total. The smallest absolute Gasteiger partial charge is 0.123 e. The lowest BCUT2D eigenvalue weighted by atomic mass is 9.99. The molecule has 2 rings (SSSR count). The van der Waals surface area contributed by atoms with E-state index in [2.05, 4.69) is 11.8 Å². The van der Waals surface area contributed by atoms with E-state index < -0.39 is 0 Å². The average molecular weight is 281 g/mol. The minimum atomic E-state index is -0.246. The molecule has 0 amide bonds. The van der Waals surface area contributed by atoms with E-state index in [-0.39, 0.29) is 5.82 Å². The first-order valence-corrected chi connectivity index (χ1v) is 7.42. The maximum atomic E-state index is 12.7. The lowest BCUT2D eigenvalue weighted by molar-refractivity contribution is 0.0708. The molecule has 0 aromatic heterocycles. The highest BCUT2D eigenvalue weighted by Gasteiger charge is 2.14. The summed E-state index contributed by atoms with van der Waals surface area (Å²) in [7, 11) is 0. The molecule has 1 aromatic rings. The lowest BCUT2D eigenvalue weighted by Crippen LogP contribution is -2.35. The molecule has 1 aromatic carbocycles. The Hall–Kier alpha value is -1.13. The molecule has 0 radical (unpaired) electrons. The molecule has 112 valence electrons. The van der Waals surface area contributed by atoms with Crippen molar-refractivity contribution in [3.8, 4) is 5.75 Å². The third-order valence-electron chi connectivity index (χ3n) is 3.74. The standard InChI is InChI=1S/C16H24FNO2/c1-14-6-8-18(9-7-14)10-11-19-12-13-20-16-4-2-15(17)3-5-16/h2-5,14H,6-13H2,1H3. The van der Waals surface area contributed by atoms with Gasteiger partial charge in [0.25, 0.3) is 0 Å². The average Bonchev–Trinajstić information content (AvgIpc) is 2.46. The van der Waals surface area contributed by atoms with Gasteiger partial charge in [0.1, 0.15) is 18.2 Å². The van der Waals surface area contributed by atoms with Crippen LogP contribution in [0.3, 0.4) is 0 Å². The van der Waals surface area contributed by atoms with Crippen LogP contribution in [0.2, 0.25) is 0 Å². The van der Waals surface area contributed by atoms with Crippen LogP contribution >= 0.6 is 0 Å². The van der Waals surface area contributed by atoms with Crippen LogP contribution in [0, 0.1) is 11.7 Å². The molecular weight excluding hydrogens is 257 g/mol. The van der Waals surface area contributed by atoms with Crippen molar-refractivity contribution in [1.29, 1.82) is 0 Å². The Bertz CT molecular complexity index is 375. The van der Waals surface area contributed by atoms with Crippen LogP contribution in [0.5, 0.6) is 5.75 Å². The Morgan fingerprint density at radius 3 is 2.50 bits per heavy atom. The molecule has 4 heteroatoms. The van der Waals surface area contributed by atoms with Crippen LogP contribution in [0.15, 0.2) is 24.3 Å². The quantitative estimate of drug-likeness (QED) is 0.717. The first kappa shape index (κ1) is 15.3. The number of hydrogen-bond acceptors (Lipinski definition) is 3. The number of ether oxygens (including phenoxy) is 2. The van der Waals surface area contributed by atoms with Gasteiger partial charge >= 0.3 is 0 Å². The maximum Gasteiger partial charge on any atom is 0.123 e. The van der Waals surface area contributed by atoms with Gasteiger partial charge in [-0.15, -0.1) is 0 Å². The van der Waals surface area contributed by atoms with Gasteiger partial charge in [0.05, 0.1) is 13.2 Å². The van der Waals surface area contributed by atoms with E-state index in [1.165, 1.54) is 38.1 Å². The topological polar surface area (TPSA) is 21.7 Å². The SMILES string of the molecule is CC1CCN(CCOCCOc2ccc(F)cc2)CC1. The van der Waals surface area contributed by atoms with Gasteiger partial charge in [-0.3, -0.25) is 0 Å². The van der Waals surface area contributed by atoms with E-state index >= 15 is 0 Å². The van der Waals surface area contributed by atoms with Gasteiger partial charge in [0, 0.05) is 6.54 Å². The molecule has 1 saturated heterocycles. The summed E-state index contributed by atoms with van der Waals surface area (Å²) in [6, 6.07) is 6.05. The van der Waals surface area contributed by atoms with Gasteiger partial charge in [-0.2, -0.15) is 0 Å². The number of rotatable bonds is 7. The van der Waals surface area contributed by atoms with E-state index in [0.29, 0.717) is 19.0 Å². The number of nitrogens with zero attached hydrogens (tertiary/aromatic N) is 1. The van der Waals surface area contributed by atoms with Crippen molar-refractivity contribution >= 4 is 0 Å². The monoisotopic (exact) mass is 281 g/mol. The highest BCUT2D eigenvalue weighted by atomic mass is 19.1. The summed E-state index contributed by atoms with van der Waals surface area (Å²) in [6.07, 6.45) is 2.60. The number of halogens is 1. The largest absolute Gasteiger partial charge is 0.491 e. The van der Waals surface area contributed by atoms with Crippen molar-refractivity contribution in [2.75, 3.05) is 39.5 Å². The molecule has 0 unspecified atom stereocenters.